The van der Waals surface area contributed by atoms with Gasteiger partial charge in [-0.2, -0.15) is 0 Å². The summed E-state index contributed by atoms with van der Waals surface area (Å²) in [4.78, 5) is 32.9. The molecule has 0 aliphatic carbocycles. The van der Waals surface area contributed by atoms with Crippen molar-refractivity contribution in [2.24, 2.45) is 0 Å². The van der Waals surface area contributed by atoms with Gasteiger partial charge in [-0.3, -0.25) is 4.79 Å². The summed E-state index contributed by atoms with van der Waals surface area (Å²) < 4.78 is 0. The molecule has 0 saturated heterocycles. The molecule has 1 aromatic rings. The van der Waals surface area contributed by atoms with E-state index >= 15 is 0 Å². The Labute approximate surface area is 105 Å². The second-order valence-corrected chi connectivity index (χ2v) is 3.83. The molecular weight excluding hydrogens is 234 g/mol. The van der Waals surface area contributed by atoms with Gasteiger partial charge in [0, 0.05) is 12.0 Å². The van der Waals surface area contributed by atoms with Crippen LogP contribution >= 0.6 is 0 Å². The molecular formula is C13H15NO4. The number of carboxylic acids is 1. The van der Waals surface area contributed by atoms with Crippen molar-refractivity contribution < 1.29 is 19.5 Å². The molecule has 96 valence electrons. The Bertz CT molecular complexity index is 416. The lowest BCUT2D eigenvalue weighted by atomic mass is 10.1. The van der Waals surface area contributed by atoms with Crippen LogP contribution in [0.3, 0.4) is 0 Å². The van der Waals surface area contributed by atoms with Crippen LogP contribution in [-0.4, -0.2) is 29.3 Å². The van der Waals surface area contributed by atoms with E-state index in [4.69, 9.17) is 5.11 Å². The van der Waals surface area contributed by atoms with Crippen LogP contribution in [-0.2, 0) is 9.59 Å². The van der Waals surface area contributed by atoms with Crippen LogP contribution in [0.4, 0.5) is 0 Å². The molecule has 0 heterocycles. The summed E-state index contributed by atoms with van der Waals surface area (Å²) in [6.45, 7) is 0. The number of hydrogen-bond acceptors (Lipinski definition) is 3. The second kappa shape index (κ2) is 7.21. The molecule has 0 aromatic heterocycles. The summed E-state index contributed by atoms with van der Waals surface area (Å²) in [7, 11) is 0. The number of carbonyl (C=O) groups is 3. The fraction of sp³-hybridized carbons (Fsp3) is 0.308. The Morgan fingerprint density at radius 3 is 2.50 bits per heavy atom. The first-order valence-corrected chi connectivity index (χ1v) is 5.67. The van der Waals surface area contributed by atoms with Crippen molar-refractivity contribution in [2.75, 3.05) is 0 Å². The zero-order valence-electron chi connectivity index (χ0n) is 9.83. The third-order valence-electron chi connectivity index (χ3n) is 2.45. The number of amides is 1. The summed E-state index contributed by atoms with van der Waals surface area (Å²) in [5, 5.41) is 11.4. The van der Waals surface area contributed by atoms with Crippen molar-refractivity contribution in [2.45, 2.75) is 25.3 Å². The molecule has 0 radical (unpaired) electrons. The molecule has 5 heteroatoms. The van der Waals surface area contributed by atoms with Gasteiger partial charge in [0.1, 0.15) is 12.3 Å². The Morgan fingerprint density at radius 1 is 1.28 bits per heavy atom. The average Bonchev–Trinajstić information content (AvgIpc) is 2.38. The molecule has 0 aliphatic rings. The number of aldehydes is 1. The minimum Gasteiger partial charge on any atom is -0.480 e. The first-order valence-electron chi connectivity index (χ1n) is 5.67. The fourth-order valence-electron chi connectivity index (χ4n) is 1.49. The Kier molecular flexibility index (Phi) is 5.57. The van der Waals surface area contributed by atoms with Crippen LogP contribution in [0.1, 0.15) is 29.6 Å². The average molecular weight is 249 g/mol. The van der Waals surface area contributed by atoms with Gasteiger partial charge in [0.25, 0.3) is 5.91 Å². The van der Waals surface area contributed by atoms with Gasteiger partial charge < -0.3 is 15.2 Å². The SMILES string of the molecule is O=CCCC[C@H](NC(=O)c1ccccc1)C(=O)O. The van der Waals surface area contributed by atoms with E-state index in [1.165, 1.54) is 0 Å². The van der Waals surface area contributed by atoms with Crippen molar-refractivity contribution >= 4 is 18.2 Å². The first-order chi connectivity index (χ1) is 8.65. The number of aliphatic carboxylic acids is 1. The molecule has 1 aromatic carbocycles. The molecule has 2 N–H and O–H groups in total. The van der Waals surface area contributed by atoms with E-state index in [9.17, 15) is 14.4 Å². The van der Waals surface area contributed by atoms with Crippen molar-refractivity contribution in [3.8, 4) is 0 Å². The van der Waals surface area contributed by atoms with Gasteiger partial charge in [0.15, 0.2) is 0 Å². The molecule has 1 amide bonds. The maximum absolute atomic E-state index is 11.7. The highest BCUT2D eigenvalue weighted by Gasteiger charge is 2.19. The lowest BCUT2D eigenvalue weighted by Crippen LogP contribution is -2.40. The normalized spacial score (nSPS) is 11.6. The molecule has 0 bridgehead atoms. The highest BCUT2D eigenvalue weighted by Crippen LogP contribution is 2.03. The summed E-state index contributed by atoms with van der Waals surface area (Å²) >= 11 is 0. The van der Waals surface area contributed by atoms with E-state index in [0.717, 1.165) is 6.29 Å². The van der Waals surface area contributed by atoms with E-state index in [-0.39, 0.29) is 6.42 Å². The standard InChI is InChI=1S/C13H15NO4/c15-9-5-4-8-11(13(17)18)14-12(16)10-6-2-1-3-7-10/h1-3,6-7,9,11H,4-5,8H2,(H,14,16)(H,17,18)/t11-/m0/s1. The van der Waals surface area contributed by atoms with Crippen LogP contribution in [0.25, 0.3) is 0 Å². The number of unbranched alkanes of at least 4 members (excludes halogenated alkanes) is 1. The van der Waals surface area contributed by atoms with E-state index in [0.29, 0.717) is 18.4 Å². The van der Waals surface area contributed by atoms with E-state index in [1.807, 2.05) is 0 Å². The summed E-state index contributed by atoms with van der Waals surface area (Å²) in [6.07, 6.45) is 1.71. The fourth-order valence-corrected chi connectivity index (χ4v) is 1.49. The Morgan fingerprint density at radius 2 is 1.94 bits per heavy atom. The van der Waals surface area contributed by atoms with E-state index in [2.05, 4.69) is 5.32 Å². The molecule has 0 aliphatic heterocycles. The molecule has 1 atom stereocenters. The Balaban J connectivity index is 2.58. The van der Waals surface area contributed by atoms with Gasteiger partial charge >= 0.3 is 5.97 Å². The third-order valence-corrected chi connectivity index (χ3v) is 2.45. The second-order valence-electron chi connectivity index (χ2n) is 3.83. The monoisotopic (exact) mass is 249 g/mol. The summed E-state index contributed by atoms with van der Waals surface area (Å²) in [6, 6.07) is 7.45. The lowest BCUT2D eigenvalue weighted by molar-refractivity contribution is -0.139. The molecule has 0 unspecified atom stereocenters. The summed E-state index contributed by atoms with van der Waals surface area (Å²) in [5.41, 5.74) is 0.416. The van der Waals surface area contributed by atoms with Gasteiger partial charge in [-0.05, 0) is 25.0 Å². The molecule has 0 saturated carbocycles. The van der Waals surface area contributed by atoms with Crippen molar-refractivity contribution in [1.29, 1.82) is 0 Å². The minimum absolute atomic E-state index is 0.243. The lowest BCUT2D eigenvalue weighted by Gasteiger charge is -2.13. The molecule has 0 fully saturated rings. The van der Waals surface area contributed by atoms with Gasteiger partial charge in [-0.15, -0.1) is 0 Å². The maximum atomic E-state index is 11.7. The third kappa shape index (κ3) is 4.37. The zero-order valence-corrected chi connectivity index (χ0v) is 9.83. The molecule has 0 spiro atoms. The maximum Gasteiger partial charge on any atom is 0.326 e. The number of nitrogens with one attached hydrogen (secondary N) is 1. The predicted octanol–water partition coefficient (Wildman–Crippen LogP) is 1.24. The zero-order chi connectivity index (χ0) is 13.4. The van der Waals surface area contributed by atoms with Gasteiger partial charge in [0.2, 0.25) is 0 Å². The topological polar surface area (TPSA) is 83.5 Å². The van der Waals surface area contributed by atoms with Gasteiger partial charge in [-0.25, -0.2) is 4.79 Å². The number of hydrogen-bond donors (Lipinski definition) is 2. The predicted molar refractivity (Wildman–Crippen MR) is 65.2 cm³/mol. The van der Waals surface area contributed by atoms with E-state index < -0.39 is 17.9 Å². The molecule has 5 nitrogen and oxygen atoms in total. The van der Waals surface area contributed by atoms with Crippen molar-refractivity contribution in [3.63, 3.8) is 0 Å². The van der Waals surface area contributed by atoms with Crippen LogP contribution < -0.4 is 5.32 Å². The van der Waals surface area contributed by atoms with E-state index in [1.54, 1.807) is 30.3 Å². The van der Waals surface area contributed by atoms with Crippen molar-refractivity contribution in [1.82, 2.24) is 5.32 Å². The van der Waals surface area contributed by atoms with Gasteiger partial charge in [0.05, 0.1) is 0 Å². The van der Waals surface area contributed by atoms with Crippen LogP contribution in [0, 0.1) is 0 Å². The number of carbonyl (C=O) groups excluding carboxylic acids is 2. The van der Waals surface area contributed by atoms with Crippen LogP contribution in [0.15, 0.2) is 30.3 Å². The highest BCUT2D eigenvalue weighted by molar-refractivity contribution is 5.96. The highest BCUT2D eigenvalue weighted by atomic mass is 16.4. The Hall–Kier alpha value is -2.17. The van der Waals surface area contributed by atoms with Crippen molar-refractivity contribution in [3.05, 3.63) is 35.9 Å². The quantitative estimate of drug-likeness (QED) is 0.562. The molecule has 18 heavy (non-hydrogen) atoms. The number of rotatable bonds is 7. The van der Waals surface area contributed by atoms with Gasteiger partial charge in [-0.1, -0.05) is 18.2 Å². The minimum atomic E-state index is -1.09. The first kappa shape index (κ1) is 13.9. The van der Waals surface area contributed by atoms with Crippen LogP contribution in [0.5, 0.6) is 0 Å². The molecule has 1 rings (SSSR count). The largest absolute Gasteiger partial charge is 0.480 e. The number of carboxylic acid groups (broad SMARTS) is 1. The smallest absolute Gasteiger partial charge is 0.326 e. The number of benzene rings is 1. The van der Waals surface area contributed by atoms with Crippen LogP contribution in [0.2, 0.25) is 0 Å². The summed E-state index contributed by atoms with van der Waals surface area (Å²) in [5.74, 6) is -1.51.